The number of H-pyrrole nitrogens is 1. The maximum Gasteiger partial charge on any atom is 0.270 e. The highest BCUT2D eigenvalue weighted by molar-refractivity contribution is 8.00. The van der Waals surface area contributed by atoms with E-state index in [9.17, 15) is 9.59 Å². The average Bonchev–Trinajstić information content (AvgIpc) is 2.68. The lowest BCUT2D eigenvalue weighted by molar-refractivity contribution is -0.113. The number of amides is 1. The van der Waals surface area contributed by atoms with E-state index in [1.54, 1.807) is 4.68 Å². The van der Waals surface area contributed by atoms with E-state index in [4.69, 9.17) is 0 Å². The number of aromatic amines is 1. The van der Waals surface area contributed by atoms with Gasteiger partial charge >= 0.3 is 0 Å². The standard InChI is InChI=1S/C16H19N3O2S/c1-9(2)19-15-13(16(21)18-19)14(22-8-12(20)17-15)11-6-4-10(3)5-7-11/h4-7,9,14H,8H2,1-3H3,(H,17,20)(H,18,21)/t14-/m1/s1. The molecule has 6 heteroatoms. The number of aromatic nitrogens is 2. The first-order valence-electron chi connectivity index (χ1n) is 7.30. The number of carbonyl (C=O) groups is 1. The number of thioether (sulfide) groups is 1. The highest BCUT2D eigenvalue weighted by Crippen LogP contribution is 2.40. The van der Waals surface area contributed by atoms with E-state index >= 15 is 0 Å². The van der Waals surface area contributed by atoms with Gasteiger partial charge in [-0.15, -0.1) is 11.8 Å². The first-order valence-corrected chi connectivity index (χ1v) is 8.34. The molecule has 0 spiro atoms. The number of rotatable bonds is 2. The Morgan fingerprint density at radius 1 is 1.23 bits per heavy atom. The first-order chi connectivity index (χ1) is 10.5. The second-order valence-corrected chi connectivity index (χ2v) is 6.91. The Balaban J connectivity index is 2.17. The molecule has 2 aromatic rings. The molecular formula is C16H19N3O2S. The van der Waals surface area contributed by atoms with Crippen LogP contribution in [0.25, 0.3) is 0 Å². The number of hydrogen-bond acceptors (Lipinski definition) is 3. The number of fused-ring (bicyclic) bond motifs is 1. The third kappa shape index (κ3) is 2.59. The molecule has 0 aliphatic carbocycles. The molecule has 22 heavy (non-hydrogen) atoms. The molecule has 5 nitrogen and oxygen atoms in total. The Kier molecular flexibility index (Phi) is 3.87. The molecule has 3 rings (SSSR count). The molecule has 1 aromatic carbocycles. The summed E-state index contributed by atoms with van der Waals surface area (Å²) in [4.78, 5) is 24.5. The molecule has 2 N–H and O–H groups in total. The van der Waals surface area contributed by atoms with E-state index in [1.807, 2.05) is 45.0 Å². The largest absolute Gasteiger partial charge is 0.310 e. The van der Waals surface area contributed by atoms with Gasteiger partial charge < -0.3 is 5.32 Å². The highest BCUT2D eigenvalue weighted by atomic mass is 32.2. The number of anilines is 1. The van der Waals surface area contributed by atoms with E-state index in [0.717, 1.165) is 5.56 Å². The van der Waals surface area contributed by atoms with Crippen LogP contribution < -0.4 is 10.9 Å². The first kappa shape index (κ1) is 15.0. The Morgan fingerprint density at radius 3 is 2.55 bits per heavy atom. The minimum Gasteiger partial charge on any atom is -0.310 e. The zero-order valence-corrected chi connectivity index (χ0v) is 13.7. The van der Waals surface area contributed by atoms with Gasteiger partial charge in [0.05, 0.1) is 16.6 Å². The van der Waals surface area contributed by atoms with Gasteiger partial charge in [0.1, 0.15) is 5.82 Å². The normalized spacial score (nSPS) is 18.0. The maximum absolute atomic E-state index is 12.5. The molecule has 1 amide bonds. The van der Waals surface area contributed by atoms with Gasteiger partial charge in [-0.1, -0.05) is 29.8 Å². The minimum atomic E-state index is -0.140. The lowest BCUT2D eigenvalue weighted by Crippen LogP contribution is -2.17. The summed E-state index contributed by atoms with van der Waals surface area (Å²) in [6.45, 7) is 5.98. The van der Waals surface area contributed by atoms with Crippen molar-refractivity contribution in [3.05, 3.63) is 51.3 Å². The van der Waals surface area contributed by atoms with Crippen molar-refractivity contribution >= 4 is 23.5 Å². The fraction of sp³-hybridized carbons (Fsp3) is 0.375. The van der Waals surface area contributed by atoms with E-state index < -0.39 is 0 Å². The van der Waals surface area contributed by atoms with Crippen molar-refractivity contribution in [2.75, 3.05) is 11.1 Å². The van der Waals surface area contributed by atoms with Crippen LogP contribution in [0.2, 0.25) is 0 Å². The topological polar surface area (TPSA) is 66.9 Å². The number of nitrogens with one attached hydrogen (secondary N) is 2. The van der Waals surface area contributed by atoms with Crippen molar-refractivity contribution in [1.29, 1.82) is 0 Å². The van der Waals surface area contributed by atoms with Crippen LogP contribution in [0.3, 0.4) is 0 Å². The second kappa shape index (κ2) is 5.68. The van der Waals surface area contributed by atoms with Crippen LogP contribution in [0.4, 0.5) is 5.82 Å². The van der Waals surface area contributed by atoms with E-state index in [2.05, 4.69) is 10.4 Å². The van der Waals surface area contributed by atoms with Crippen molar-refractivity contribution in [1.82, 2.24) is 9.78 Å². The predicted octanol–water partition coefficient (Wildman–Crippen LogP) is 2.84. The lowest BCUT2D eigenvalue weighted by atomic mass is 10.0. The summed E-state index contributed by atoms with van der Waals surface area (Å²) in [6.07, 6.45) is 0. The molecule has 0 saturated carbocycles. The van der Waals surface area contributed by atoms with Crippen LogP contribution >= 0.6 is 11.8 Å². The third-order valence-corrected chi connectivity index (χ3v) is 5.03. The maximum atomic E-state index is 12.5. The van der Waals surface area contributed by atoms with Gasteiger partial charge in [-0.2, -0.15) is 0 Å². The summed E-state index contributed by atoms with van der Waals surface area (Å²) in [5.41, 5.74) is 2.71. The predicted molar refractivity (Wildman–Crippen MR) is 89.5 cm³/mol. The number of nitrogens with zero attached hydrogens (tertiary/aromatic N) is 1. The smallest absolute Gasteiger partial charge is 0.270 e. The van der Waals surface area contributed by atoms with Crippen molar-refractivity contribution in [2.45, 2.75) is 32.1 Å². The van der Waals surface area contributed by atoms with Gasteiger partial charge in [-0.05, 0) is 26.3 Å². The zero-order valence-electron chi connectivity index (χ0n) is 12.8. The number of aryl methyl sites for hydroxylation is 1. The summed E-state index contributed by atoms with van der Waals surface area (Å²) >= 11 is 1.49. The van der Waals surface area contributed by atoms with E-state index in [0.29, 0.717) is 17.1 Å². The molecule has 0 radical (unpaired) electrons. The Bertz CT molecular complexity index is 759. The second-order valence-electron chi connectivity index (χ2n) is 5.82. The molecule has 0 unspecified atom stereocenters. The number of hydrogen-bond donors (Lipinski definition) is 2. The Labute approximate surface area is 133 Å². The van der Waals surface area contributed by atoms with Gasteiger partial charge in [-0.25, -0.2) is 0 Å². The molecule has 0 saturated heterocycles. The fourth-order valence-corrected chi connectivity index (χ4v) is 3.76. The SMILES string of the molecule is Cc1ccc([C@H]2SCC(=O)Nc3c2c(=O)[nH]n3C(C)C)cc1. The van der Waals surface area contributed by atoms with Crippen LogP contribution in [0, 0.1) is 6.92 Å². The zero-order chi connectivity index (χ0) is 15.9. The van der Waals surface area contributed by atoms with Crippen molar-refractivity contribution in [3.8, 4) is 0 Å². The monoisotopic (exact) mass is 317 g/mol. The average molecular weight is 317 g/mol. The number of benzene rings is 1. The summed E-state index contributed by atoms with van der Waals surface area (Å²) in [5.74, 6) is 0.861. The molecule has 1 aliphatic heterocycles. The van der Waals surface area contributed by atoms with E-state index in [-0.39, 0.29) is 22.8 Å². The summed E-state index contributed by atoms with van der Waals surface area (Å²) in [7, 11) is 0. The minimum absolute atomic E-state index is 0.0681. The third-order valence-electron chi connectivity index (χ3n) is 3.76. The van der Waals surface area contributed by atoms with Crippen molar-refractivity contribution in [3.63, 3.8) is 0 Å². The molecule has 0 bridgehead atoms. The summed E-state index contributed by atoms with van der Waals surface area (Å²) < 4.78 is 1.74. The summed E-state index contributed by atoms with van der Waals surface area (Å²) in [6, 6.07) is 8.18. The van der Waals surface area contributed by atoms with Crippen molar-refractivity contribution < 1.29 is 4.79 Å². The number of carbonyl (C=O) groups excluding carboxylic acids is 1. The van der Waals surface area contributed by atoms with Crippen LogP contribution in [-0.4, -0.2) is 21.4 Å². The molecule has 116 valence electrons. The molecular weight excluding hydrogens is 298 g/mol. The van der Waals surface area contributed by atoms with Crippen LogP contribution in [-0.2, 0) is 4.79 Å². The van der Waals surface area contributed by atoms with Crippen molar-refractivity contribution in [2.24, 2.45) is 0 Å². The van der Waals surface area contributed by atoms with Gasteiger partial charge in [0.2, 0.25) is 5.91 Å². The molecule has 1 aromatic heterocycles. The molecule has 1 atom stereocenters. The lowest BCUT2D eigenvalue weighted by Gasteiger charge is -2.15. The molecule has 2 heterocycles. The van der Waals surface area contributed by atoms with Gasteiger partial charge in [0.25, 0.3) is 5.56 Å². The highest BCUT2D eigenvalue weighted by Gasteiger charge is 2.30. The van der Waals surface area contributed by atoms with E-state index in [1.165, 1.54) is 17.3 Å². The van der Waals surface area contributed by atoms with Gasteiger partial charge in [-0.3, -0.25) is 19.4 Å². The van der Waals surface area contributed by atoms with Gasteiger partial charge in [0.15, 0.2) is 0 Å². The quantitative estimate of drug-likeness (QED) is 0.895. The Hall–Kier alpha value is -1.95. The van der Waals surface area contributed by atoms with Crippen LogP contribution in [0.15, 0.2) is 29.1 Å². The van der Waals surface area contributed by atoms with Crippen LogP contribution in [0.5, 0.6) is 0 Å². The Morgan fingerprint density at radius 2 is 1.91 bits per heavy atom. The van der Waals surface area contributed by atoms with Gasteiger partial charge in [0, 0.05) is 6.04 Å². The fourth-order valence-electron chi connectivity index (χ4n) is 2.64. The van der Waals surface area contributed by atoms with Crippen LogP contribution in [0.1, 0.15) is 41.8 Å². The molecule has 1 aliphatic rings. The summed E-state index contributed by atoms with van der Waals surface area (Å²) in [5, 5.41) is 5.58. The molecule has 0 fully saturated rings.